The number of nitrogens with one attached hydrogen (secondary N) is 1. The molecule has 0 amide bonds. The molecule has 0 aromatic heterocycles. The Hall–Kier alpha value is -0.900. The average Bonchev–Trinajstić information content (AvgIpc) is 2.69. The fourth-order valence-electron chi connectivity index (χ4n) is 3.20. The van der Waals surface area contributed by atoms with E-state index in [-0.39, 0.29) is 0 Å². The zero-order chi connectivity index (χ0) is 13.1. The first-order valence-corrected chi connectivity index (χ1v) is 7.48. The minimum absolute atomic E-state index is 0.332. The van der Waals surface area contributed by atoms with Gasteiger partial charge >= 0.3 is 0 Å². The van der Waals surface area contributed by atoms with Gasteiger partial charge in [0.1, 0.15) is 0 Å². The van der Waals surface area contributed by atoms with Gasteiger partial charge in [-0.2, -0.15) is 0 Å². The number of aryl methyl sites for hydroxylation is 1. The average molecular weight is 260 g/mol. The highest BCUT2D eigenvalue weighted by molar-refractivity contribution is 5.28. The Balaban J connectivity index is 1.71. The van der Waals surface area contributed by atoms with Crippen LogP contribution in [0.3, 0.4) is 0 Å². The van der Waals surface area contributed by atoms with Crippen LogP contribution in [0.2, 0.25) is 0 Å². The lowest BCUT2D eigenvalue weighted by Gasteiger charge is -2.36. The summed E-state index contributed by atoms with van der Waals surface area (Å²) in [5.41, 5.74) is 3.02. The molecule has 0 bridgehead atoms. The molecule has 104 valence electrons. The molecule has 0 aliphatic carbocycles. The first kappa shape index (κ1) is 13.1. The van der Waals surface area contributed by atoms with Crippen LogP contribution in [0.5, 0.6) is 0 Å². The van der Waals surface area contributed by atoms with Crippen molar-refractivity contribution in [3.63, 3.8) is 0 Å². The van der Waals surface area contributed by atoms with Crippen LogP contribution in [-0.4, -0.2) is 43.3 Å². The summed E-state index contributed by atoms with van der Waals surface area (Å²) >= 11 is 0. The molecule has 3 rings (SSSR count). The molecule has 1 fully saturated rings. The van der Waals surface area contributed by atoms with E-state index in [1.54, 1.807) is 0 Å². The summed E-state index contributed by atoms with van der Waals surface area (Å²) < 4.78 is 5.92. The zero-order valence-electron chi connectivity index (χ0n) is 11.8. The maximum Gasteiger partial charge on any atom is 0.0852 e. The second kappa shape index (κ2) is 6.04. The fraction of sp³-hybridized carbons (Fsp3) is 0.625. The Labute approximate surface area is 115 Å². The minimum Gasteiger partial charge on any atom is -0.374 e. The third-order valence-corrected chi connectivity index (χ3v) is 4.45. The van der Waals surface area contributed by atoms with E-state index in [2.05, 4.69) is 41.4 Å². The number of nitrogens with zero attached hydrogens (tertiary/aromatic N) is 1. The van der Waals surface area contributed by atoms with E-state index < -0.39 is 0 Å². The Morgan fingerprint density at radius 1 is 1.32 bits per heavy atom. The van der Waals surface area contributed by atoms with Crippen molar-refractivity contribution in [2.45, 2.75) is 38.5 Å². The van der Waals surface area contributed by atoms with E-state index in [0.717, 1.165) is 26.2 Å². The van der Waals surface area contributed by atoms with Gasteiger partial charge in [-0.3, -0.25) is 4.90 Å². The van der Waals surface area contributed by atoms with Gasteiger partial charge in [0.2, 0.25) is 0 Å². The summed E-state index contributed by atoms with van der Waals surface area (Å²) in [4.78, 5) is 2.59. The van der Waals surface area contributed by atoms with Gasteiger partial charge in [0, 0.05) is 25.7 Å². The van der Waals surface area contributed by atoms with Crippen molar-refractivity contribution in [2.75, 3.05) is 26.2 Å². The van der Waals surface area contributed by atoms with E-state index in [4.69, 9.17) is 4.74 Å². The van der Waals surface area contributed by atoms with Crippen LogP contribution in [0, 0.1) is 0 Å². The van der Waals surface area contributed by atoms with Crippen LogP contribution >= 0.6 is 0 Å². The van der Waals surface area contributed by atoms with E-state index >= 15 is 0 Å². The van der Waals surface area contributed by atoms with Gasteiger partial charge in [-0.05, 0) is 37.4 Å². The number of morpholine rings is 1. The molecule has 0 radical (unpaired) electrons. The molecule has 2 unspecified atom stereocenters. The number of fused-ring (bicyclic) bond motifs is 1. The van der Waals surface area contributed by atoms with Crippen molar-refractivity contribution >= 4 is 0 Å². The molecule has 1 aromatic rings. The normalized spacial score (nSPS) is 26.5. The number of rotatable bonds is 2. The van der Waals surface area contributed by atoms with Gasteiger partial charge in [0.05, 0.1) is 12.7 Å². The highest BCUT2D eigenvalue weighted by atomic mass is 16.5. The van der Waals surface area contributed by atoms with Crippen molar-refractivity contribution in [2.24, 2.45) is 0 Å². The predicted molar refractivity (Wildman–Crippen MR) is 77.2 cm³/mol. The summed E-state index contributed by atoms with van der Waals surface area (Å²) in [6.45, 7) is 7.38. The standard InChI is InChI=1S/C16H24N2O/c1-13(16-11-17-8-10-19-16)18-9-4-7-14-5-2-3-6-15(14)12-18/h2-3,5-6,13,16-17H,4,7-12H2,1H3. The van der Waals surface area contributed by atoms with Gasteiger partial charge in [-0.15, -0.1) is 0 Å². The first-order valence-electron chi connectivity index (χ1n) is 7.48. The quantitative estimate of drug-likeness (QED) is 0.878. The lowest BCUT2D eigenvalue weighted by atomic mass is 10.0. The first-order chi connectivity index (χ1) is 9.34. The van der Waals surface area contributed by atoms with Gasteiger partial charge < -0.3 is 10.1 Å². The molecular formula is C16H24N2O. The lowest BCUT2D eigenvalue weighted by Crippen LogP contribution is -2.50. The summed E-state index contributed by atoms with van der Waals surface area (Å²) in [5, 5.41) is 3.44. The molecule has 3 nitrogen and oxygen atoms in total. The van der Waals surface area contributed by atoms with E-state index in [0.29, 0.717) is 12.1 Å². The van der Waals surface area contributed by atoms with Crippen LogP contribution in [0.25, 0.3) is 0 Å². The summed E-state index contributed by atoms with van der Waals surface area (Å²) in [5.74, 6) is 0. The topological polar surface area (TPSA) is 24.5 Å². The van der Waals surface area contributed by atoms with Crippen molar-refractivity contribution in [1.29, 1.82) is 0 Å². The molecule has 2 aliphatic rings. The minimum atomic E-state index is 0.332. The van der Waals surface area contributed by atoms with E-state index in [9.17, 15) is 0 Å². The number of benzene rings is 1. The Bertz CT molecular complexity index is 415. The third-order valence-electron chi connectivity index (χ3n) is 4.45. The summed E-state index contributed by atoms with van der Waals surface area (Å²) in [7, 11) is 0. The van der Waals surface area contributed by atoms with Crippen molar-refractivity contribution < 1.29 is 4.74 Å². The monoisotopic (exact) mass is 260 g/mol. The Kier molecular flexibility index (Phi) is 4.16. The van der Waals surface area contributed by atoms with Crippen LogP contribution in [-0.2, 0) is 17.7 Å². The largest absolute Gasteiger partial charge is 0.374 e. The highest BCUT2D eigenvalue weighted by Crippen LogP contribution is 2.21. The number of ether oxygens (including phenoxy) is 1. The third kappa shape index (κ3) is 2.99. The van der Waals surface area contributed by atoms with Crippen LogP contribution in [0.15, 0.2) is 24.3 Å². The van der Waals surface area contributed by atoms with E-state index in [1.165, 1.54) is 30.5 Å². The molecule has 3 heteroatoms. The Morgan fingerprint density at radius 3 is 2.95 bits per heavy atom. The second-order valence-electron chi connectivity index (χ2n) is 5.70. The second-order valence-corrected chi connectivity index (χ2v) is 5.70. The zero-order valence-corrected chi connectivity index (χ0v) is 11.8. The molecule has 19 heavy (non-hydrogen) atoms. The Morgan fingerprint density at radius 2 is 2.16 bits per heavy atom. The number of hydrogen-bond acceptors (Lipinski definition) is 3. The smallest absolute Gasteiger partial charge is 0.0852 e. The van der Waals surface area contributed by atoms with Crippen LogP contribution < -0.4 is 5.32 Å². The maximum absolute atomic E-state index is 5.92. The molecular weight excluding hydrogens is 236 g/mol. The molecule has 2 heterocycles. The van der Waals surface area contributed by atoms with Crippen molar-refractivity contribution in [3.05, 3.63) is 35.4 Å². The van der Waals surface area contributed by atoms with Gasteiger partial charge in [-0.25, -0.2) is 0 Å². The molecule has 0 saturated carbocycles. The molecule has 0 spiro atoms. The molecule has 1 N–H and O–H groups in total. The molecule has 1 saturated heterocycles. The predicted octanol–water partition coefficient (Wildman–Crippen LogP) is 1.81. The SMILES string of the molecule is CC(C1CNCCO1)N1CCCc2ccccc2C1. The van der Waals surface area contributed by atoms with Crippen molar-refractivity contribution in [1.82, 2.24) is 10.2 Å². The van der Waals surface area contributed by atoms with Gasteiger partial charge in [0.15, 0.2) is 0 Å². The molecule has 2 aliphatic heterocycles. The number of hydrogen-bond donors (Lipinski definition) is 1. The van der Waals surface area contributed by atoms with Crippen LogP contribution in [0.4, 0.5) is 0 Å². The molecule has 2 atom stereocenters. The highest BCUT2D eigenvalue weighted by Gasteiger charge is 2.27. The van der Waals surface area contributed by atoms with Crippen LogP contribution in [0.1, 0.15) is 24.5 Å². The van der Waals surface area contributed by atoms with Crippen molar-refractivity contribution in [3.8, 4) is 0 Å². The van der Waals surface area contributed by atoms with E-state index in [1.807, 2.05) is 0 Å². The lowest BCUT2D eigenvalue weighted by molar-refractivity contribution is -0.0280. The molecule has 1 aromatic carbocycles. The van der Waals surface area contributed by atoms with Gasteiger partial charge in [0.25, 0.3) is 0 Å². The summed E-state index contributed by atoms with van der Waals surface area (Å²) in [6, 6.07) is 9.36. The fourth-order valence-corrected chi connectivity index (χ4v) is 3.20. The van der Waals surface area contributed by atoms with Gasteiger partial charge in [-0.1, -0.05) is 24.3 Å². The maximum atomic E-state index is 5.92. The summed E-state index contributed by atoms with van der Waals surface area (Å²) in [6.07, 6.45) is 2.80.